The number of H-pyrrole nitrogens is 1. The lowest BCUT2D eigenvalue weighted by Gasteiger charge is -2.16. The van der Waals surface area contributed by atoms with Crippen LogP contribution >= 0.6 is 0 Å². The van der Waals surface area contributed by atoms with E-state index in [1.165, 1.54) is 19.4 Å². The van der Waals surface area contributed by atoms with Crippen molar-refractivity contribution >= 4 is 22.6 Å². The molecule has 7 heteroatoms. The molecule has 146 valence electrons. The molecule has 0 aliphatic carbocycles. The molecule has 4 rings (SSSR count). The van der Waals surface area contributed by atoms with E-state index in [0.29, 0.717) is 23.1 Å². The lowest BCUT2D eigenvalue weighted by Crippen LogP contribution is -2.10. The van der Waals surface area contributed by atoms with Gasteiger partial charge in [-0.1, -0.05) is 37.3 Å². The van der Waals surface area contributed by atoms with Crippen LogP contribution < -0.4 is 16.1 Å². The van der Waals surface area contributed by atoms with Crippen molar-refractivity contribution in [3.63, 3.8) is 0 Å². The molecular formula is C22H19N3O4. The summed E-state index contributed by atoms with van der Waals surface area (Å²) < 4.78 is 11.1. The van der Waals surface area contributed by atoms with Gasteiger partial charge in [0.2, 0.25) is 5.78 Å². The van der Waals surface area contributed by atoms with Gasteiger partial charge in [0.15, 0.2) is 5.58 Å². The third-order valence-electron chi connectivity index (χ3n) is 4.87. The Hall–Kier alpha value is -3.87. The predicted octanol–water partition coefficient (Wildman–Crippen LogP) is 3.57. The van der Waals surface area contributed by atoms with E-state index in [-0.39, 0.29) is 22.5 Å². The molecule has 0 aliphatic rings. The molecule has 0 saturated heterocycles. The molecule has 2 aromatic carbocycles. The van der Waals surface area contributed by atoms with Gasteiger partial charge in [0.1, 0.15) is 17.1 Å². The Balaban J connectivity index is 2.14. The molecule has 0 aliphatic heterocycles. The number of hydrogen-bond acceptors (Lipinski definition) is 6. The maximum atomic E-state index is 13.4. The third-order valence-corrected chi connectivity index (χ3v) is 4.87. The Kier molecular flexibility index (Phi) is 4.64. The zero-order valence-electron chi connectivity index (χ0n) is 16.0. The van der Waals surface area contributed by atoms with Gasteiger partial charge in [0, 0.05) is 11.5 Å². The average Bonchev–Trinajstić information content (AvgIpc) is 3.17. The van der Waals surface area contributed by atoms with Crippen LogP contribution in [0, 0.1) is 0 Å². The Morgan fingerprint density at radius 3 is 2.62 bits per heavy atom. The molecule has 0 unspecified atom stereocenters. The minimum Gasteiger partial charge on any atom is -0.496 e. The van der Waals surface area contributed by atoms with Crippen molar-refractivity contribution in [3.8, 4) is 16.9 Å². The van der Waals surface area contributed by atoms with Crippen molar-refractivity contribution in [2.75, 3.05) is 12.8 Å². The van der Waals surface area contributed by atoms with E-state index < -0.39 is 11.4 Å². The number of aromatic nitrogens is 2. The highest BCUT2D eigenvalue weighted by Gasteiger charge is 2.26. The molecule has 2 heterocycles. The average molecular weight is 389 g/mol. The number of aromatic amines is 1. The fraction of sp³-hybridized carbons (Fsp3) is 0.136. The molecule has 0 saturated carbocycles. The zero-order chi connectivity index (χ0) is 20.5. The van der Waals surface area contributed by atoms with Crippen LogP contribution in [-0.2, 0) is 6.42 Å². The first kappa shape index (κ1) is 18.5. The highest BCUT2D eigenvalue weighted by Crippen LogP contribution is 2.38. The normalized spacial score (nSPS) is 11.0. The number of fused-ring (bicyclic) bond motifs is 1. The smallest absolute Gasteiger partial charge is 0.336 e. The summed E-state index contributed by atoms with van der Waals surface area (Å²) in [5, 5.41) is 7.03. The van der Waals surface area contributed by atoms with Crippen LogP contribution in [0.5, 0.6) is 5.75 Å². The van der Waals surface area contributed by atoms with Crippen LogP contribution in [-0.4, -0.2) is 23.1 Å². The standard InChI is InChI=1S/C22H19N3O4/c1-3-12-9-15-14(13-7-5-4-6-8-13)10-17(26)29-21(15)18(20(12)28-2)19(27)16-11-24-25-22(16)23/h4-11H,3H2,1-2H3,(H3,23,24,25). The maximum absolute atomic E-state index is 13.4. The quantitative estimate of drug-likeness (QED) is 0.399. The molecule has 2 aromatic heterocycles. The minimum atomic E-state index is -0.558. The van der Waals surface area contributed by atoms with Gasteiger partial charge in [0.25, 0.3) is 0 Å². The highest BCUT2D eigenvalue weighted by atomic mass is 16.5. The second-order valence-electron chi connectivity index (χ2n) is 6.55. The SMILES string of the molecule is CCc1cc2c(-c3ccccc3)cc(=O)oc2c(C(=O)c2cn[nH]c2N)c1OC. The lowest BCUT2D eigenvalue weighted by atomic mass is 9.93. The summed E-state index contributed by atoms with van der Waals surface area (Å²) in [7, 11) is 1.48. The van der Waals surface area contributed by atoms with Gasteiger partial charge < -0.3 is 14.9 Å². The number of methoxy groups -OCH3 is 1. The van der Waals surface area contributed by atoms with E-state index in [9.17, 15) is 9.59 Å². The van der Waals surface area contributed by atoms with Crippen LogP contribution in [0.15, 0.2) is 57.9 Å². The lowest BCUT2D eigenvalue weighted by molar-refractivity contribution is 0.103. The summed E-state index contributed by atoms with van der Waals surface area (Å²) >= 11 is 0. The number of nitrogens with zero attached hydrogens (tertiary/aromatic N) is 1. The largest absolute Gasteiger partial charge is 0.496 e. The molecule has 0 spiro atoms. The number of carbonyl (C=O) groups excluding carboxylic acids is 1. The second kappa shape index (κ2) is 7.27. The van der Waals surface area contributed by atoms with Crippen LogP contribution in [0.25, 0.3) is 22.1 Å². The summed E-state index contributed by atoms with van der Waals surface area (Å²) in [6.45, 7) is 1.96. The molecular weight excluding hydrogens is 370 g/mol. The van der Waals surface area contributed by atoms with Gasteiger partial charge in [-0.05, 0) is 29.2 Å². The van der Waals surface area contributed by atoms with E-state index in [1.54, 1.807) is 0 Å². The number of rotatable bonds is 5. The number of nitrogens with two attached hydrogens (primary N) is 1. The number of benzene rings is 2. The van der Waals surface area contributed by atoms with Gasteiger partial charge in [-0.25, -0.2) is 4.79 Å². The number of nitrogen functional groups attached to an aromatic ring is 1. The van der Waals surface area contributed by atoms with Crippen molar-refractivity contribution in [2.45, 2.75) is 13.3 Å². The molecule has 0 atom stereocenters. The maximum Gasteiger partial charge on any atom is 0.336 e. The molecule has 0 amide bonds. The number of nitrogens with one attached hydrogen (secondary N) is 1. The first-order chi connectivity index (χ1) is 14.0. The van der Waals surface area contributed by atoms with Gasteiger partial charge in [0.05, 0.1) is 18.9 Å². The summed E-state index contributed by atoms with van der Waals surface area (Å²) in [4.78, 5) is 25.8. The Bertz CT molecular complexity index is 1270. The van der Waals surface area contributed by atoms with Crippen LogP contribution in [0.3, 0.4) is 0 Å². The number of ketones is 1. The topological polar surface area (TPSA) is 111 Å². The van der Waals surface area contributed by atoms with E-state index >= 15 is 0 Å². The number of hydrogen-bond donors (Lipinski definition) is 2. The van der Waals surface area contributed by atoms with Crippen molar-refractivity contribution in [1.82, 2.24) is 10.2 Å². The molecule has 3 N–H and O–H groups in total. The molecule has 0 fully saturated rings. The van der Waals surface area contributed by atoms with Gasteiger partial charge in [-0.2, -0.15) is 5.10 Å². The number of aryl methyl sites for hydroxylation is 1. The molecule has 4 aromatic rings. The summed E-state index contributed by atoms with van der Waals surface area (Å²) in [5.41, 5.74) is 8.16. The van der Waals surface area contributed by atoms with E-state index in [0.717, 1.165) is 11.1 Å². The Morgan fingerprint density at radius 1 is 1.24 bits per heavy atom. The van der Waals surface area contributed by atoms with E-state index in [2.05, 4.69) is 10.2 Å². The molecule has 0 radical (unpaired) electrons. The van der Waals surface area contributed by atoms with E-state index in [4.69, 9.17) is 14.9 Å². The molecule has 29 heavy (non-hydrogen) atoms. The fourth-order valence-corrected chi connectivity index (χ4v) is 3.51. The summed E-state index contributed by atoms with van der Waals surface area (Å²) in [6.07, 6.45) is 1.97. The summed E-state index contributed by atoms with van der Waals surface area (Å²) in [5.74, 6) is 0.0642. The predicted molar refractivity (Wildman–Crippen MR) is 110 cm³/mol. The molecule has 0 bridgehead atoms. The van der Waals surface area contributed by atoms with Crippen LogP contribution in [0.1, 0.15) is 28.4 Å². The van der Waals surface area contributed by atoms with Crippen molar-refractivity contribution in [1.29, 1.82) is 0 Å². The Labute approximate surface area is 166 Å². The van der Waals surface area contributed by atoms with Gasteiger partial charge in [-0.3, -0.25) is 9.89 Å². The second-order valence-corrected chi connectivity index (χ2v) is 6.55. The van der Waals surface area contributed by atoms with E-state index in [1.807, 2.05) is 43.3 Å². The first-order valence-corrected chi connectivity index (χ1v) is 9.11. The van der Waals surface area contributed by atoms with Crippen LogP contribution in [0.4, 0.5) is 5.82 Å². The van der Waals surface area contributed by atoms with Gasteiger partial charge >= 0.3 is 5.63 Å². The first-order valence-electron chi connectivity index (χ1n) is 9.11. The minimum absolute atomic E-state index is 0.133. The fourth-order valence-electron chi connectivity index (χ4n) is 3.51. The number of anilines is 1. The van der Waals surface area contributed by atoms with Crippen molar-refractivity contribution in [2.24, 2.45) is 0 Å². The van der Waals surface area contributed by atoms with Crippen molar-refractivity contribution < 1.29 is 13.9 Å². The van der Waals surface area contributed by atoms with Gasteiger partial charge in [-0.15, -0.1) is 0 Å². The van der Waals surface area contributed by atoms with Crippen LogP contribution in [0.2, 0.25) is 0 Å². The third kappa shape index (κ3) is 3.06. The number of carbonyl (C=O) groups is 1. The Morgan fingerprint density at radius 2 is 2.00 bits per heavy atom. The molecule has 7 nitrogen and oxygen atoms in total. The van der Waals surface area contributed by atoms with Crippen molar-refractivity contribution in [3.05, 3.63) is 75.8 Å². The highest BCUT2D eigenvalue weighted by molar-refractivity contribution is 6.20. The zero-order valence-corrected chi connectivity index (χ0v) is 16.0. The monoisotopic (exact) mass is 389 g/mol. The summed E-state index contributed by atoms with van der Waals surface area (Å²) in [6, 6.07) is 12.8. The number of ether oxygens (including phenoxy) is 1.